The van der Waals surface area contributed by atoms with Crippen LogP contribution in [0, 0.1) is 5.82 Å². The van der Waals surface area contributed by atoms with Crippen LogP contribution >= 0.6 is 31.9 Å². The first-order chi connectivity index (χ1) is 9.11. The van der Waals surface area contributed by atoms with E-state index < -0.39 is 0 Å². The van der Waals surface area contributed by atoms with Crippen LogP contribution in [0.1, 0.15) is 17.3 Å². The van der Waals surface area contributed by atoms with Crippen molar-refractivity contribution in [3.63, 3.8) is 0 Å². The first-order valence-corrected chi connectivity index (χ1v) is 7.21. The molecule has 0 aliphatic heterocycles. The molecule has 6 heteroatoms. The summed E-state index contributed by atoms with van der Waals surface area (Å²) in [4.78, 5) is 4.29. The van der Waals surface area contributed by atoms with Gasteiger partial charge in [-0.15, -0.1) is 0 Å². The van der Waals surface area contributed by atoms with E-state index in [1.165, 1.54) is 6.07 Å². The first kappa shape index (κ1) is 14.6. The van der Waals surface area contributed by atoms with Crippen molar-refractivity contribution >= 4 is 31.9 Å². The molecular weight excluding hydrogens is 377 g/mol. The van der Waals surface area contributed by atoms with Gasteiger partial charge in [-0.2, -0.15) is 0 Å². The number of nitrogens with zero attached hydrogens (tertiary/aromatic N) is 1. The number of benzene rings is 1. The van der Waals surface area contributed by atoms with E-state index in [9.17, 15) is 4.39 Å². The summed E-state index contributed by atoms with van der Waals surface area (Å²) in [7, 11) is 0. The van der Waals surface area contributed by atoms with Crippen molar-refractivity contribution in [3.8, 4) is 0 Å². The van der Waals surface area contributed by atoms with E-state index >= 15 is 0 Å². The molecule has 0 radical (unpaired) electrons. The highest BCUT2D eigenvalue weighted by molar-refractivity contribution is 9.10. The van der Waals surface area contributed by atoms with Crippen molar-refractivity contribution in [1.82, 2.24) is 10.4 Å². The molecule has 0 aliphatic carbocycles. The van der Waals surface area contributed by atoms with E-state index in [2.05, 4.69) is 42.3 Å². The van der Waals surface area contributed by atoms with Crippen molar-refractivity contribution in [2.24, 2.45) is 5.84 Å². The van der Waals surface area contributed by atoms with Crippen molar-refractivity contribution in [2.45, 2.75) is 12.5 Å². The lowest BCUT2D eigenvalue weighted by molar-refractivity contribution is 0.535. The number of rotatable bonds is 4. The van der Waals surface area contributed by atoms with Gasteiger partial charge in [0.15, 0.2) is 0 Å². The highest BCUT2D eigenvalue weighted by Gasteiger charge is 2.16. The monoisotopic (exact) mass is 387 g/mol. The third-order valence-corrected chi connectivity index (χ3v) is 4.07. The Morgan fingerprint density at radius 3 is 2.68 bits per heavy atom. The largest absolute Gasteiger partial charge is 0.271 e. The molecule has 3 N–H and O–H groups in total. The number of nitrogens with two attached hydrogens (primary N) is 1. The summed E-state index contributed by atoms with van der Waals surface area (Å²) >= 11 is 6.58. The molecule has 0 amide bonds. The van der Waals surface area contributed by atoms with Crippen LogP contribution < -0.4 is 11.3 Å². The molecule has 0 saturated heterocycles. The van der Waals surface area contributed by atoms with E-state index in [-0.39, 0.29) is 11.9 Å². The molecule has 3 nitrogen and oxygen atoms in total. The summed E-state index contributed by atoms with van der Waals surface area (Å²) in [5.41, 5.74) is 4.35. The molecule has 0 saturated carbocycles. The second-order valence-electron chi connectivity index (χ2n) is 4.03. The van der Waals surface area contributed by atoms with Gasteiger partial charge in [0.1, 0.15) is 5.82 Å². The Balaban J connectivity index is 2.25. The van der Waals surface area contributed by atoms with Crippen LogP contribution in [0.3, 0.4) is 0 Å². The Bertz CT molecular complexity index is 560. The van der Waals surface area contributed by atoms with Gasteiger partial charge in [0.25, 0.3) is 0 Å². The lowest BCUT2D eigenvalue weighted by Gasteiger charge is -2.17. The number of hydrogen-bond donors (Lipinski definition) is 2. The highest BCUT2D eigenvalue weighted by atomic mass is 79.9. The lowest BCUT2D eigenvalue weighted by Crippen LogP contribution is -2.30. The maximum absolute atomic E-state index is 13.5. The van der Waals surface area contributed by atoms with Gasteiger partial charge < -0.3 is 0 Å². The predicted octanol–water partition coefficient (Wildman–Crippen LogP) is 3.49. The van der Waals surface area contributed by atoms with Gasteiger partial charge >= 0.3 is 0 Å². The number of hydrogen-bond acceptors (Lipinski definition) is 3. The van der Waals surface area contributed by atoms with Crippen LogP contribution in [0.25, 0.3) is 0 Å². The van der Waals surface area contributed by atoms with Crippen molar-refractivity contribution in [2.75, 3.05) is 0 Å². The molecule has 1 aromatic carbocycles. The lowest BCUT2D eigenvalue weighted by atomic mass is 10.0. The molecule has 2 rings (SSSR count). The topological polar surface area (TPSA) is 50.9 Å². The molecular formula is C13H12Br2FN3. The number of aromatic nitrogens is 1. The highest BCUT2D eigenvalue weighted by Crippen LogP contribution is 2.27. The predicted molar refractivity (Wildman–Crippen MR) is 79.8 cm³/mol. The minimum atomic E-state index is -0.304. The smallest absolute Gasteiger partial charge is 0.137 e. The van der Waals surface area contributed by atoms with Crippen LogP contribution in [-0.2, 0) is 6.42 Å². The Morgan fingerprint density at radius 2 is 2.05 bits per heavy atom. The third-order valence-electron chi connectivity index (χ3n) is 2.76. The van der Waals surface area contributed by atoms with Crippen LogP contribution in [-0.4, -0.2) is 4.98 Å². The van der Waals surface area contributed by atoms with Gasteiger partial charge in [0, 0.05) is 22.8 Å². The summed E-state index contributed by atoms with van der Waals surface area (Å²) in [6, 6.07) is 8.50. The second kappa shape index (κ2) is 6.56. The Hall–Kier alpha value is -0.820. The molecule has 0 bridgehead atoms. The Labute approximate surface area is 127 Å². The average Bonchev–Trinajstić information content (AvgIpc) is 2.42. The molecule has 100 valence electrons. The van der Waals surface area contributed by atoms with Gasteiger partial charge in [-0.1, -0.05) is 12.1 Å². The fourth-order valence-corrected chi connectivity index (χ4v) is 2.56. The summed E-state index contributed by atoms with van der Waals surface area (Å²) in [6.07, 6.45) is 2.30. The summed E-state index contributed by atoms with van der Waals surface area (Å²) < 4.78 is 14.9. The molecule has 1 aromatic heterocycles. The van der Waals surface area contributed by atoms with Gasteiger partial charge in [-0.05, 0) is 55.6 Å². The van der Waals surface area contributed by atoms with Gasteiger partial charge in [0.2, 0.25) is 0 Å². The molecule has 0 spiro atoms. The molecule has 0 aliphatic rings. The fraction of sp³-hybridized carbons (Fsp3) is 0.154. The summed E-state index contributed by atoms with van der Waals surface area (Å²) in [5.74, 6) is 5.27. The van der Waals surface area contributed by atoms with E-state index in [4.69, 9.17) is 5.84 Å². The van der Waals surface area contributed by atoms with Crippen LogP contribution in [0.2, 0.25) is 0 Å². The van der Waals surface area contributed by atoms with Gasteiger partial charge in [0.05, 0.1) is 10.5 Å². The normalized spacial score (nSPS) is 12.4. The fourth-order valence-electron chi connectivity index (χ4n) is 1.78. The minimum Gasteiger partial charge on any atom is -0.271 e. The minimum absolute atomic E-state index is 0.209. The first-order valence-electron chi connectivity index (χ1n) is 5.62. The van der Waals surface area contributed by atoms with Crippen LogP contribution in [0.4, 0.5) is 4.39 Å². The zero-order valence-electron chi connectivity index (χ0n) is 9.91. The quantitative estimate of drug-likeness (QED) is 0.622. The Kier molecular flexibility index (Phi) is 5.04. The number of pyridine rings is 1. The van der Waals surface area contributed by atoms with Crippen molar-refractivity contribution in [3.05, 3.63) is 62.5 Å². The van der Waals surface area contributed by atoms with Crippen molar-refractivity contribution in [1.29, 1.82) is 0 Å². The average molecular weight is 389 g/mol. The second-order valence-corrected chi connectivity index (χ2v) is 5.74. The summed E-state index contributed by atoms with van der Waals surface area (Å²) in [6.45, 7) is 0. The van der Waals surface area contributed by atoms with Crippen molar-refractivity contribution < 1.29 is 4.39 Å². The zero-order chi connectivity index (χ0) is 13.8. The van der Waals surface area contributed by atoms with Gasteiger partial charge in [-0.25, -0.2) is 4.39 Å². The number of hydrazine groups is 1. The van der Waals surface area contributed by atoms with Crippen LogP contribution in [0.5, 0.6) is 0 Å². The van der Waals surface area contributed by atoms with E-state index in [0.29, 0.717) is 10.9 Å². The van der Waals surface area contributed by atoms with E-state index in [1.54, 1.807) is 12.3 Å². The van der Waals surface area contributed by atoms with E-state index in [0.717, 1.165) is 15.7 Å². The maximum atomic E-state index is 13.5. The molecule has 0 fully saturated rings. The number of halogens is 3. The summed E-state index contributed by atoms with van der Waals surface area (Å²) in [5, 5.41) is 0. The Morgan fingerprint density at radius 1 is 1.26 bits per heavy atom. The van der Waals surface area contributed by atoms with E-state index in [1.807, 2.05) is 18.2 Å². The molecule has 2 aromatic rings. The standard InChI is InChI=1S/C13H12Br2FN3/c14-8-4-5-9(18-7-8)6-12(19-17)10-2-1-3-11(16)13(10)15/h1-5,7,12,19H,6,17H2. The molecule has 1 unspecified atom stereocenters. The molecule has 19 heavy (non-hydrogen) atoms. The third kappa shape index (κ3) is 3.60. The molecule has 1 atom stereocenters. The SMILES string of the molecule is NNC(Cc1ccc(Br)cn1)c1cccc(F)c1Br. The number of nitrogens with one attached hydrogen (secondary N) is 1. The zero-order valence-corrected chi connectivity index (χ0v) is 13.1. The van der Waals surface area contributed by atoms with Gasteiger partial charge in [-0.3, -0.25) is 16.3 Å². The maximum Gasteiger partial charge on any atom is 0.137 e. The van der Waals surface area contributed by atoms with Crippen LogP contribution in [0.15, 0.2) is 45.5 Å². The molecule has 1 heterocycles.